The summed E-state index contributed by atoms with van der Waals surface area (Å²) < 4.78 is 5.08. The number of methoxy groups -OCH3 is 1. The van der Waals surface area contributed by atoms with Crippen LogP contribution in [0.3, 0.4) is 0 Å². The first kappa shape index (κ1) is 14.7. The maximum Gasteiger partial charge on any atom is 0.253 e. The van der Waals surface area contributed by atoms with Gasteiger partial charge in [0.2, 0.25) is 0 Å². The van der Waals surface area contributed by atoms with Gasteiger partial charge in [-0.3, -0.25) is 9.69 Å². The second-order valence-electron chi connectivity index (χ2n) is 5.09. The molecule has 1 unspecified atom stereocenters. The molecule has 1 aromatic carbocycles. The molecule has 110 valence electrons. The van der Waals surface area contributed by atoms with Gasteiger partial charge in [0, 0.05) is 24.3 Å². The average Bonchev–Trinajstić information content (AvgIpc) is 2.92. The van der Waals surface area contributed by atoms with Crippen molar-refractivity contribution in [2.24, 2.45) is 0 Å². The third-order valence-corrected chi connectivity index (χ3v) is 3.91. The van der Waals surface area contributed by atoms with Gasteiger partial charge in [-0.15, -0.1) is 0 Å². The number of rotatable bonds is 5. The standard InChI is InChI=1S/C15H23N3O2/c1-3-18-8-4-5-11(18)10-17-15(19)13-7-6-12(20-2)9-14(13)16/h6-7,9,11H,3-5,8,10,16H2,1-2H3,(H,17,19). The van der Waals surface area contributed by atoms with Crippen molar-refractivity contribution in [3.63, 3.8) is 0 Å². The fraction of sp³-hybridized carbons (Fsp3) is 0.533. The highest BCUT2D eigenvalue weighted by Gasteiger charge is 2.23. The van der Waals surface area contributed by atoms with Gasteiger partial charge in [0.1, 0.15) is 5.75 Å². The van der Waals surface area contributed by atoms with Crippen LogP contribution in [0.5, 0.6) is 5.75 Å². The zero-order valence-electron chi connectivity index (χ0n) is 12.2. The molecule has 1 saturated heterocycles. The number of likely N-dealkylation sites (N-methyl/N-ethyl adjacent to an activating group) is 1. The lowest BCUT2D eigenvalue weighted by molar-refractivity contribution is 0.0942. The van der Waals surface area contributed by atoms with Crippen molar-refractivity contribution in [1.29, 1.82) is 0 Å². The number of anilines is 1. The molecule has 1 aliphatic heterocycles. The maximum atomic E-state index is 12.2. The van der Waals surface area contributed by atoms with Crippen molar-refractivity contribution in [2.75, 3.05) is 32.5 Å². The minimum atomic E-state index is -0.117. The van der Waals surface area contributed by atoms with Crippen LogP contribution < -0.4 is 15.8 Å². The number of carbonyl (C=O) groups excluding carboxylic acids is 1. The van der Waals surface area contributed by atoms with E-state index in [0.717, 1.165) is 19.5 Å². The average molecular weight is 277 g/mol. The van der Waals surface area contributed by atoms with Crippen molar-refractivity contribution < 1.29 is 9.53 Å². The number of benzene rings is 1. The van der Waals surface area contributed by atoms with E-state index in [4.69, 9.17) is 10.5 Å². The first-order valence-corrected chi connectivity index (χ1v) is 7.11. The van der Waals surface area contributed by atoms with Gasteiger partial charge in [0.05, 0.1) is 12.7 Å². The molecule has 1 atom stereocenters. The molecule has 0 aromatic heterocycles. The molecular formula is C15H23N3O2. The van der Waals surface area contributed by atoms with E-state index in [1.54, 1.807) is 25.3 Å². The zero-order chi connectivity index (χ0) is 14.5. The Morgan fingerprint density at radius 2 is 2.35 bits per heavy atom. The monoisotopic (exact) mass is 277 g/mol. The molecular weight excluding hydrogens is 254 g/mol. The minimum Gasteiger partial charge on any atom is -0.497 e. The summed E-state index contributed by atoms with van der Waals surface area (Å²) in [6, 6.07) is 5.57. The van der Waals surface area contributed by atoms with Crippen molar-refractivity contribution >= 4 is 11.6 Å². The van der Waals surface area contributed by atoms with Gasteiger partial charge in [0.15, 0.2) is 0 Å². The normalized spacial score (nSPS) is 19.0. The number of nitrogens with one attached hydrogen (secondary N) is 1. The lowest BCUT2D eigenvalue weighted by Crippen LogP contribution is -2.40. The number of nitrogens with zero attached hydrogens (tertiary/aromatic N) is 1. The van der Waals surface area contributed by atoms with E-state index in [9.17, 15) is 4.79 Å². The Morgan fingerprint density at radius 3 is 3.00 bits per heavy atom. The predicted octanol–water partition coefficient (Wildman–Crippen LogP) is 1.49. The molecule has 0 radical (unpaired) electrons. The van der Waals surface area contributed by atoms with E-state index in [2.05, 4.69) is 17.1 Å². The first-order chi connectivity index (χ1) is 9.65. The summed E-state index contributed by atoms with van der Waals surface area (Å²) in [5.41, 5.74) is 6.84. The number of hydrogen-bond donors (Lipinski definition) is 2. The Morgan fingerprint density at radius 1 is 1.55 bits per heavy atom. The summed E-state index contributed by atoms with van der Waals surface area (Å²) in [7, 11) is 1.58. The number of carbonyl (C=O) groups is 1. The fourth-order valence-electron chi connectivity index (χ4n) is 2.72. The molecule has 0 aliphatic carbocycles. The third kappa shape index (κ3) is 3.22. The molecule has 1 aromatic rings. The Bertz CT molecular complexity index is 476. The molecule has 0 spiro atoms. The molecule has 1 amide bonds. The van der Waals surface area contributed by atoms with E-state index in [0.29, 0.717) is 29.6 Å². The Kier molecular flexibility index (Phi) is 4.84. The lowest BCUT2D eigenvalue weighted by Gasteiger charge is -2.23. The van der Waals surface area contributed by atoms with Gasteiger partial charge in [-0.25, -0.2) is 0 Å². The van der Waals surface area contributed by atoms with Crippen molar-refractivity contribution in [3.8, 4) is 5.75 Å². The second kappa shape index (κ2) is 6.61. The first-order valence-electron chi connectivity index (χ1n) is 7.11. The van der Waals surface area contributed by atoms with E-state index in [1.165, 1.54) is 6.42 Å². The zero-order valence-corrected chi connectivity index (χ0v) is 12.2. The summed E-state index contributed by atoms with van der Waals surface area (Å²) in [5, 5.41) is 2.98. The van der Waals surface area contributed by atoms with Crippen LogP contribution in [0, 0.1) is 0 Å². The van der Waals surface area contributed by atoms with Crippen LogP contribution in [0.1, 0.15) is 30.1 Å². The molecule has 20 heavy (non-hydrogen) atoms. The van der Waals surface area contributed by atoms with Gasteiger partial charge < -0.3 is 15.8 Å². The van der Waals surface area contributed by atoms with Crippen molar-refractivity contribution in [1.82, 2.24) is 10.2 Å². The van der Waals surface area contributed by atoms with Crippen LogP contribution in [0.4, 0.5) is 5.69 Å². The van der Waals surface area contributed by atoms with E-state index < -0.39 is 0 Å². The summed E-state index contributed by atoms with van der Waals surface area (Å²) >= 11 is 0. The highest BCUT2D eigenvalue weighted by molar-refractivity contribution is 5.99. The van der Waals surface area contributed by atoms with Gasteiger partial charge in [0.25, 0.3) is 5.91 Å². The minimum absolute atomic E-state index is 0.117. The van der Waals surface area contributed by atoms with Gasteiger partial charge >= 0.3 is 0 Å². The third-order valence-electron chi connectivity index (χ3n) is 3.91. The number of nitrogens with two attached hydrogens (primary N) is 1. The van der Waals surface area contributed by atoms with Crippen LogP contribution in [-0.4, -0.2) is 43.6 Å². The van der Waals surface area contributed by atoms with E-state index in [1.807, 2.05) is 0 Å². The van der Waals surface area contributed by atoms with Gasteiger partial charge in [-0.05, 0) is 38.1 Å². The number of nitrogen functional groups attached to an aromatic ring is 1. The molecule has 1 aliphatic rings. The Hall–Kier alpha value is -1.75. The Labute approximate surface area is 120 Å². The molecule has 5 nitrogen and oxygen atoms in total. The lowest BCUT2D eigenvalue weighted by atomic mass is 10.1. The predicted molar refractivity (Wildman–Crippen MR) is 80.0 cm³/mol. The van der Waals surface area contributed by atoms with E-state index in [-0.39, 0.29) is 5.91 Å². The SMILES string of the molecule is CCN1CCCC1CNC(=O)c1ccc(OC)cc1N. The van der Waals surface area contributed by atoms with Gasteiger partial charge in [-0.1, -0.05) is 6.92 Å². The highest BCUT2D eigenvalue weighted by Crippen LogP contribution is 2.20. The fourth-order valence-corrected chi connectivity index (χ4v) is 2.72. The number of amides is 1. The Balaban J connectivity index is 1.95. The number of hydrogen-bond acceptors (Lipinski definition) is 4. The molecule has 2 rings (SSSR count). The second-order valence-corrected chi connectivity index (χ2v) is 5.09. The molecule has 0 bridgehead atoms. The van der Waals surface area contributed by atoms with Crippen LogP contribution in [0.25, 0.3) is 0 Å². The van der Waals surface area contributed by atoms with Crippen LogP contribution in [0.15, 0.2) is 18.2 Å². The molecule has 0 saturated carbocycles. The van der Waals surface area contributed by atoms with Crippen LogP contribution in [-0.2, 0) is 0 Å². The smallest absolute Gasteiger partial charge is 0.253 e. The van der Waals surface area contributed by atoms with Crippen molar-refractivity contribution in [3.05, 3.63) is 23.8 Å². The van der Waals surface area contributed by atoms with Gasteiger partial charge in [-0.2, -0.15) is 0 Å². The molecule has 1 fully saturated rings. The number of likely N-dealkylation sites (tertiary alicyclic amines) is 1. The van der Waals surface area contributed by atoms with Crippen molar-refractivity contribution in [2.45, 2.75) is 25.8 Å². The summed E-state index contributed by atoms with van der Waals surface area (Å²) in [6.45, 7) is 4.99. The largest absolute Gasteiger partial charge is 0.497 e. The number of ether oxygens (including phenoxy) is 1. The summed E-state index contributed by atoms with van der Waals surface area (Å²) in [5.74, 6) is 0.542. The summed E-state index contributed by atoms with van der Waals surface area (Å²) in [6.07, 6.45) is 2.35. The molecule has 5 heteroatoms. The quantitative estimate of drug-likeness (QED) is 0.800. The molecule has 3 N–H and O–H groups in total. The van der Waals surface area contributed by atoms with Crippen LogP contribution >= 0.6 is 0 Å². The topological polar surface area (TPSA) is 67.6 Å². The molecule has 1 heterocycles. The summed E-state index contributed by atoms with van der Waals surface area (Å²) in [4.78, 5) is 14.6. The highest BCUT2D eigenvalue weighted by atomic mass is 16.5. The maximum absolute atomic E-state index is 12.2. The van der Waals surface area contributed by atoms with Crippen LogP contribution in [0.2, 0.25) is 0 Å². The van der Waals surface area contributed by atoms with E-state index >= 15 is 0 Å².